The third kappa shape index (κ3) is 3.90. The first kappa shape index (κ1) is 14.3. The van der Waals surface area contributed by atoms with Crippen molar-refractivity contribution >= 4 is 29.4 Å². The maximum absolute atomic E-state index is 11.3. The molecule has 0 fully saturated rings. The van der Waals surface area contributed by atoms with Crippen molar-refractivity contribution in [3.8, 4) is 0 Å². The molecule has 0 aromatic heterocycles. The molecule has 0 aliphatic carbocycles. The summed E-state index contributed by atoms with van der Waals surface area (Å²) in [7, 11) is 1.25. The Hall–Kier alpha value is -1.79. The lowest BCUT2D eigenvalue weighted by Crippen LogP contribution is -2.16. The summed E-state index contributed by atoms with van der Waals surface area (Å²) in [5.74, 6) is -0.543. The molecular formula is C11H12ClNO5. The smallest absolute Gasteiger partial charge is 0.411 e. The van der Waals surface area contributed by atoms with E-state index in [0.29, 0.717) is 0 Å². The number of hydrogen-bond acceptors (Lipinski definition) is 5. The van der Waals surface area contributed by atoms with Gasteiger partial charge in [0.15, 0.2) is 0 Å². The zero-order valence-corrected chi connectivity index (χ0v) is 10.4. The zero-order valence-electron chi connectivity index (χ0n) is 9.60. The molecule has 6 nitrogen and oxygen atoms in total. The summed E-state index contributed by atoms with van der Waals surface area (Å²) in [5.41, 5.74) is 0.474. The molecular weight excluding hydrogens is 262 g/mol. The van der Waals surface area contributed by atoms with Gasteiger partial charge in [0.25, 0.3) is 0 Å². The fourth-order valence-corrected chi connectivity index (χ4v) is 1.32. The van der Waals surface area contributed by atoms with Crippen LogP contribution in [0, 0.1) is 0 Å². The molecule has 0 unspecified atom stereocenters. The lowest BCUT2D eigenvalue weighted by Gasteiger charge is -2.08. The van der Waals surface area contributed by atoms with Crippen LogP contribution in [0.3, 0.4) is 0 Å². The van der Waals surface area contributed by atoms with E-state index in [4.69, 9.17) is 16.7 Å². The number of aliphatic hydroxyl groups excluding tert-OH is 1. The minimum Gasteiger partial charge on any atom is -0.465 e. The SMILES string of the molecule is COC(=O)c1ccc(Cl)c(NC(=O)OCCO)c1. The molecule has 0 aliphatic heterocycles. The molecule has 0 aliphatic rings. The summed E-state index contributed by atoms with van der Waals surface area (Å²) in [5, 5.41) is 11.1. The van der Waals surface area contributed by atoms with Crippen LogP contribution in [-0.2, 0) is 9.47 Å². The number of hydrogen-bond donors (Lipinski definition) is 2. The van der Waals surface area contributed by atoms with Crippen molar-refractivity contribution in [2.45, 2.75) is 0 Å². The van der Waals surface area contributed by atoms with Crippen molar-refractivity contribution in [3.63, 3.8) is 0 Å². The molecule has 0 bridgehead atoms. The Morgan fingerprint density at radius 1 is 1.44 bits per heavy atom. The zero-order chi connectivity index (χ0) is 13.5. The minimum absolute atomic E-state index is 0.125. The number of rotatable bonds is 4. The molecule has 0 saturated heterocycles. The highest BCUT2D eigenvalue weighted by atomic mass is 35.5. The maximum Gasteiger partial charge on any atom is 0.411 e. The first-order valence-electron chi connectivity index (χ1n) is 5.01. The monoisotopic (exact) mass is 273 g/mol. The van der Waals surface area contributed by atoms with Crippen molar-refractivity contribution in [2.24, 2.45) is 0 Å². The Balaban J connectivity index is 2.81. The van der Waals surface area contributed by atoms with Gasteiger partial charge in [-0.2, -0.15) is 0 Å². The average Bonchev–Trinajstić information content (AvgIpc) is 2.38. The van der Waals surface area contributed by atoms with E-state index >= 15 is 0 Å². The number of nitrogens with one attached hydrogen (secondary N) is 1. The number of benzene rings is 1. The first-order chi connectivity index (χ1) is 8.58. The second-order valence-corrected chi connectivity index (χ2v) is 3.58. The van der Waals surface area contributed by atoms with Crippen LogP contribution >= 0.6 is 11.6 Å². The van der Waals surface area contributed by atoms with E-state index in [1.165, 1.54) is 25.3 Å². The van der Waals surface area contributed by atoms with E-state index in [2.05, 4.69) is 14.8 Å². The van der Waals surface area contributed by atoms with E-state index in [-0.39, 0.29) is 29.5 Å². The van der Waals surface area contributed by atoms with Crippen molar-refractivity contribution in [1.82, 2.24) is 0 Å². The van der Waals surface area contributed by atoms with Crippen LogP contribution in [0.1, 0.15) is 10.4 Å². The molecule has 1 amide bonds. The minimum atomic E-state index is -0.770. The number of esters is 1. The van der Waals surface area contributed by atoms with E-state index in [1.54, 1.807) is 0 Å². The highest BCUT2D eigenvalue weighted by Gasteiger charge is 2.11. The Morgan fingerprint density at radius 3 is 2.78 bits per heavy atom. The van der Waals surface area contributed by atoms with E-state index < -0.39 is 12.1 Å². The summed E-state index contributed by atoms with van der Waals surface area (Å²) in [6.45, 7) is -0.399. The van der Waals surface area contributed by atoms with Gasteiger partial charge in [0.1, 0.15) is 6.61 Å². The lowest BCUT2D eigenvalue weighted by atomic mass is 10.2. The summed E-state index contributed by atoms with van der Waals surface area (Å²) < 4.78 is 9.14. The summed E-state index contributed by atoms with van der Waals surface area (Å²) >= 11 is 5.85. The first-order valence-corrected chi connectivity index (χ1v) is 5.38. The van der Waals surface area contributed by atoms with Crippen LogP contribution in [0.2, 0.25) is 5.02 Å². The molecule has 1 aromatic carbocycles. The lowest BCUT2D eigenvalue weighted by molar-refractivity contribution is 0.0600. The number of anilines is 1. The fraction of sp³-hybridized carbons (Fsp3) is 0.273. The normalized spacial score (nSPS) is 9.72. The van der Waals surface area contributed by atoms with E-state index in [9.17, 15) is 9.59 Å². The number of methoxy groups -OCH3 is 1. The topological polar surface area (TPSA) is 84.9 Å². The van der Waals surface area contributed by atoms with Gasteiger partial charge < -0.3 is 14.6 Å². The summed E-state index contributed by atoms with van der Waals surface area (Å²) in [6.07, 6.45) is -0.770. The van der Waals surface area contributed by atoms with Gasteiger partial charge in [0.05, 0.1) is 30.0 Å². The molecule has 0 heterocycles. The average molecular weight is 274 g/mol. The highest BCUT2D eigenvalue weighted by molar-refractivity contribution is 6.33. The Labute approximate surface area is 108 Å². The summed E-state index contributed by atoms with van der Waals surface area (Å²) in [6, 6.07) is 4.29. The standard InChI is InChI=1S/C11H12ClNO5/c1-17-10(15)7-2-3-8(12)9(6-7)13-11(16)18-5-4-14/h2-3,6,14H,4-5H2,1H3,(H,13,16). The van der Waals surface area contributed by atoms with Crippen LogP contribution in [0.5, 0.6) is 0 Å². The van der Waals surface area contributed by atoms with Gasteiger partial charge in [-0.1, -0.05) is 11.6 Å². The van der Waals surface area contributed by atoms with Crippen molar-refractivity contribution < 1.29 is 24.2 Å². The number of aliphatic hydroxyl groups is 1. The number of ether oxygens (including phenoxy) is 2. The summed E-state index contributed by atoms with van der Waals surface area (Å²) in [4.78, 5) is 22.5. The maximum atomic E-state index is 11.3. The molecule has 7 heteroatoms. The number of carbonyl (C=O) groups is 2. The van der Waals surface area contributed by atoms with Gasteiger partial charge in [-0.3, -0.25) is 5.32 Å². The molecule has 0 radical (unpaired) electrons. The van der Waals surface area contributed by atoms with Crippen LogP contribution in [0.4, 0.5) is 10.5 Å². The highest BCUT2D eigenvalue weighted by Crippen LogP contribution is 2.23. The van der Waals surface area contributed by atoms with Gasteiger partial charge in [-0.25, -0.2) is 9.59 Å². The van der Waals surface area contributed by atoms with Crippen molar-refractivity contribution in [2.75, 3.05) is 25.6 Å². The fourth-order valence-electron chi connectivity index (χ4n) is 1.15. The molecule has 18 heavy (non-hydrogen) atoms. The second-order valence-electron chi connectivity index (χ2n) is 3.17. The van der Waals surface area contributed by atoms with Crippen LogP contribution in [0.15, 0.2) is 18.2 Å². The van der Waals surface area contributed by atoms with Crippen LogP contribution < -0.4 is 5.32 Å². The number of amides is 1. The largest absolute Gasteiger partial charge is 0.465 e. The third-order valence-electron chi connectivity index (χ3n) is 1.95. The van der Waals surface area contributed by atoms with Crippen molar-refractivity contribution in [3.05, 3.63) is 28.8 Å². The molecule has 98 valence electrons. The Kier molecular flexibility index (Phi) is 5.41. The Morgan fingerprint density at radius 2 is 2.17 bits per heavy atom. The predicted molar refractivity (Wildman–Crippen MR) is 64.8 cm³/mol. The number of halogens is 1. The van der Waals surface area contributed by atoms with Gasteiger partial charge in [0.2, 0.25) is 0 Å². The van der Waals surface area contributed by atoms with Crippen LogP contribution in [0.25, 0.3) is 0 Å². The molecule has 1 rings (SSSR count). The molecule has 0 spiro atoms. The van der Waals surface area contributed by atoms with E-state index in [1.807, 2.05) is 0 Å². The van der Waals surface area contributed by atoms with Gasteiger partial charge in [-0.15, -0.1) is 0 Å². The predicted octanol–water partition coefficient (Wildman–Crippen LogP) is 1.67. The Bertz CT molecular complexity index is 449. The van der Waals surface area contributed by atoms with Gasteiger partial charge in [-0.05, 0) is 18.2 Å². The molecule has 1 aromatic rings. The molecule has 0 saturated carbocycles. The van der Waals surface area contributed by atoms with E-state index in [0.717, 1.165) is 0 Å². The number of carbonyl (C=O) groups excluding carboxylic acids is 2. The second kappa shape index (κ2) is 6.83. The van der Waals surface area contributed by atoms with Gasteiger partial charge in [0, 0.05) is 0 Å². The van der Waals surface area contributed by atoms with Crippen molar-refractivity contribution in [1.29, 1.82) is 0 Å². The van der Waals surface area contributed by atoms with Gasteiger partial charge >= 0.3 is 12.1 Å². The van der Waals surface area contributed by atoms with Crippen LogP contribution in [-0.4, -0.2) is 37.5 Å². The quantitative estimate of drug-likeness (QED) is 0.815. The third-order valence-corrected chi connectivity index (χ3v) is 2.28. The molecule has 2 N–H and O–H groups in total. The molecule has 0 atom stereocenters.